The number of benzene rings is 3. The summed E-state index contributed by atoms with van der Waals surface area (Å²) in [5, 5.41) is 3.51. The molecule has 0 spiro atoms. The van der Waals surface area contributed by atoms with Crippen LogP contribution in [0, 0.1) is 0 Å². The van der Waals surface area contributed by atoms with E-state index in [1.165, 1.54) is 5.56 Å². The second kappa shape index (κ2) is 10.1. The smallest absolute Gasteiger partial charge is 0.257 e. The van der Waals surface area contributed by atoms with Gasteiger partial charge in [-0.2, -0.15) is 0 Å². The quantitative estimate of drug-likeness (QED) is 0.504. The Bertz CT molecular complexity index is 1010. The molecule has 0 bridgehead atoms. The molecule has 1 unspecified atom stereocenters. The van der Waals surface area contributed by atoms with Crippen molar-refractivity contribution in [3.63, 3.8) is 0 Å². The van der Waals surface area contributed by atoms with Gasteiger partial charge >= 0.3 is 0 Å². The molecule has 5 nitrogen and oxygen atoms in total. The maximum absolute atomic E-state index is 13.1. The zero-order chi connectivity index (χ0) is 21.5. The van der Waals surface area contributed by atoms with E-state index >= 15 is 0 Å². The molecule has 4 rings (SSSR count). The van der Waals surface area contributed by atoms with Crippen LogP contribution in [0.5, 0.6) is 5.75 Å². The molecule has 0 saturated heterocycles. The van der Waals surface area contributed by atoms with Crippen molar-refractivity contribution in [2.75, 3.05) is 32.2 Å². The van der Waals surface area contributed by atoms with Crippen LogP contribution in [0.15, 0.2) is 78.9 Å². The van der Waals surface area contributed by atoms with E-state index in [1.807, 2.05) is 59.5 Å². The Balaban J connectivity index is 1.46. The maximum Gasteiger partial charge on any atom is 0.257 e. The van der Waals surface area contributed by atoms with Gasteiger partial charge in [-0.25, -0.2) is 0 Å². The standard InChI is InChI=1S/C26H28N2O3/c1-30-18-16-28-25(27-24-15-6-5-14-23(24)26(28)29)21-12-7-13-22(19-21)31-17-8-11-20-9-3-2-4-10-20/h2-7,9-10,12-15,19,25,27H,8,11,16-18H2,1H3. The van der Waals surface area contributed by atoms with E-state index in [9.17, 15) is 4.79 Å². The van der Waals surface area contributed by atoms with E-state index in [1.54, 1.807) is 7.11 Å². The van der Waals surface area contributed by atoms with Crippen molar-refractivity contribution in [2.45, 2.75) is 19.0 Å². The van der Waals surface area contributed by atoms with Crippen molar-refractivity contribution in [2.24, 2.45) is 0 Å². The summed E-state index contributed by atoms with van der Waals surface area (Å²) in [6, 6.07) is 26.0. The third-order valence-corrected chi connectivity index (χ3v) is 5.45. The number of fused-ring (bicyclic) bond motifs is 1. The number of carbonyl (C=O) groups excluding carboxylic acids is 1. The second-order valence-electron chi connectivity index (χ2n) is 7.59. The van der Waals surface area contributed by atoms with Crippen LogP contribution in [0.2, 0.25) is 0 Å². The van der Waals surface area contributed by atoms with E-state index in [0.717, 1.165) is 29.8 Å². The first-order valence-corrected chi connectivity index (χ1v) is 10.7. The average molecular weight is 417 g/mol. The van der Waals surface area contributed by atoms with Crippen molar-refractivity contribution in [3.8, 4) is 5.75 Å². The Morgan fingerprint density at radius 1 is 0.935 bits per heavy atom. The summed E-state index contributed by atoms with van der Waals surface area (Å²) in [6.07, 6.45) is 1.66. The molecule has 1 aliphatic heterocycles. The zero-order valence-electron chi connectivity index (χ0n) is 17.8. The summed E-state index contributed by atoms with van der Waals surface area (Å²) in [7, 11) is 1.65. The predicted molar refractivity (Wildman–Crippen MR) is 122 cm³/mol. The predicted octanol–water partition coefficient (Wildman–Crippen LogP) is 4.91. The van der Waals surface area contributed by atoms with Gasteiger partial charge in [-0.05, 0) is 48.2 Å². The van der Waals surface area contributed by atoms with Gasteiger partial charge in [0.15, 0.2) is 0 Å². The van der Waals surface area contributed by atoms with Crippen molar-refractivity contribution >= 4 is 11.6 Å². The second-order valence-corrected chi connectivity index (χ2v) is 7.59. The molecule has 0 fully saturated rings. The highest BCUT2D eigenvalue weighted by atomic mass is 16.5. The highest BCUT2D eigenvalue weighted by Gasteiger charge is 2.32. The number of methoxy groups -OCH3 is 1. The first-order valence-electron chi connectivity index (χ1n) is 10.7. The summed E-state index contributed by atoms with van der Waals surface area (Å²) in [6.45, 7) is 1.62. The number of nitrogens with zero attached hydrogens (tertiary/aromatic N) is 1. The van der Waals surface area contributed by atoms with Crippen LogP contribution in [-0.4, -0.2) is 37.7 Å². The Labute approximate surface area is 183 Å². The van der Waals surface area contributed by atoms with Crippen LogP contribution >= 0.6 is 0 Å². The molecule has 1 aliphatic rings. The first kappa shape index (κ1) is 20.9. The van der Waals surface area contributed by atoms with Crippen LogP contribution in [0.4, 0.5) is 5.69 Å². The average Bonchev–Trinajstić information content (AvgIpc) is 2.82. The fourth-order valence-corrected chi connectivity index (χ4v) is 3.86. The minimum Gasteiger partial charge on any atom is -0.494 e. The molecule has 160 valence electrons. The lowest BCUT2D eigenvalue weighted by Gasteiger charge is -2.38. The van der Waals surface area contributed by atoms with Gasteiger partial charge in [0.05, 0.1) is 18.8 Å². The fourth-order valence-electron chi connectivity index (χ4n) is 3.86. The fraction of sp³-hybridized carbons (Fsp3) is 0.269. The lowest BCUT2D eigenvalue weighted by atomic mass is 10.0. The molecule has 3 aromatic rings. The van der Waals surface area contributed by atoms with Crippen LogP contribution in [0.25, 0.3) is 0 Å². The number of ether oxygens (including phenoxy) is 2. The third kappa shape index (κ3) is 5.06. The Kier molecular flexibility index (Phi) is 6.85. The molecule has 3 aromatic carbocycles. The van der Waals surface area contributed by atoms with Gasteiger partial charge in [0.1, 0.15) is 11.9 Å². The SMILES string of the molecule is COCCN1C(=O)c2ccccc2NC1c1cccc(OCCCc2ccccc2)c1. The molecule has 0 aliphatic carbocycles. The molecule has 0 aromatic heterocycles. The summed E-state index contributed by atoms with van der Waals surface area (Å²) < 4.78 is 11.3. The topological polar surface area (TPSA) is 50.8 Å². The number of para-hydroxylation sites is 1. The molecule has 1 N–H and O–H groups in total. The monoisotopic (exact) mass is 416 g/mol. The van der Waals surface area contributed by atoms with E-state index in [4.69, 9.17) is 9.47 Å². The van der Waals surface area contributed by atoms with Crippen LogP contribution in [-0.2, 0) is 11.2 Å². The van der Waals surface area contributed by atoms with Gasteiger partial charge in [0, 0.05) is 19.3 Å². The van der Waals surface area contributed by atoms with Gasteiger partial charge in [0.2, 0.25) is 0 Å². The number of hydrogen-bond donors (Lipinski definition) is 1. The Morgan fingerprint density at radius 2 is 1.74 bits per heavy atom. The number of nitrogens with one attached hydrogen (secondary N) is 1. The molecule has 0 radical (unpaired) electrons. The van der Waals surface area contributed by atoms with Crippen molar-refractivity contribution in [1.82, 2.24) is 4.90 Å². The minimum atomic E-state index is -0.273. The third-order valence-electron chi connectivity index (χ3n) is 5.45. The molecule has 1 atom stereocenters. The molecule has 0 saturated carbocycles. The lowest BCUT2D eigenvalue weighted by Crippen LogP contribution is -2.44. The molecular weight excluding hydrogens is 388 g/mol. The largest absolute Gasteiger partial charge is 0.494 e. The zero-order valence-corrected chi connectivity index (χ0v) is 17.8. The Hall–Kier alpha value is -3.31. The van der Waals surface area contributed by atoms with Gasteiger partial charge in [0.25, 0.3) is 5.91 Å². The molecular formula is C26H28N2O3. The first-order chi connectivity index (χ1) is 15.3. The normalized spacial score (nSPS) is 15.3. The van der Waals surface area contributed by atoms with E-state index < -0.39 is 0 Å². The van der Waals surface area contributed by atoms with Crippen LogP contribution in [0.3, 0.4) is 0 Å². The minimum absolute atomic E-state index is 0.00517. The number of amides is 1. The van der Waals surface area contributed by atoms with Gasteiger partial charge in [-0.1, -0.05) is 54.6 Å². The summed E-state index contributed by atoms with van der Waals surface area (Å²) in [5.41, 5.74) is 3.83. The summed E-state index contributed by atoms with van der Waals surface area (Å²) in [5.74, 6) is 0.816. The molecule has 1 heterocycles. The van der Waals surface area contributed by atoms with Crippen LogP contribution < -0.4 is 10.1 Å². The number of anilines is 1. The van der Waals surface area contributed by atoms with E-state index in [2.05, 4.69) is 29.6 Å². The summed E-state index contributed by atoms with van der Waals surface area (Å²) in [4.78, 5) is 15.0. The highest BCUT2D eigenvalue weighted by Crippen LogP contribution is 2.33. The van der Waals surface area contributed by atoms with Gasteiger partial charge < -0.3 is 19.7 Å². The van der Waals surface area contributed by atoms with Crippen LogP contribution in [0.1, 0.15) is 34.1 Å². The molecule has 1 amide bonds. The number of carbonyl (C=O) groups is 1. The van der Waals surface area contributed by atoms with E-state index in [-0.39, 0.29) is 12.1 Å². The number of hydrogen-bond acceptors (Lipinski definition) is 4. The van der Waals surface area contributed by atoms with Crippen molar-refractivity contribution in [1.29, 1.82) is 0 Å². The maximum atomic E-state index is 13.1. The number of rotatable bonds is 9. The van der Waals surface area contributed by atoms with Crippen molar-refractivity contribution < 1.29 is 14.3 Å². The lowest BCUT2D eigenvalue weighted by molar-refractivity contribution is 0.0609. The summed E-state index contributed by atoms with van der Waals surface area (Å²) >= 11 is 0. The number of aryl methyl sites for hydroxylation is 1. The molecule has 5 heteroatoms. The molecule has 31 heavy (non-hydrogen) atoms. The van der Waals surface area contributed by atoms with E-state index in [0.29, 0.717) is 25.3 Å². The Morgan fingerprint density at radius 3 is 2.58 bits per heavy atom. The van der Waals surface area contributed by atoms with Gasteiger partial charge in [-0.3, -0.25) is 4.79 Å². The highest BCUT2D eigenvalue weighted by molar-refractivity contribution is 6.01. The van der Waals surface area contributed by atoms with Crippen molar-refractivity contribution in [3.05, 3.63) is 95.6 Å². The van der Waals surface area contributed by atoms with Gasteiger partial charge in [-0.15, -0.1) is 0 Å².